The predicted molar refractivity (Wildman–Crippen MR) is 119 cm³/mol. The van der Waals surface area contributed by atoms with Crippen LogP contribution in [0.15, 0.2) is 76.0 Å². The van der Waals surface area contributed by atoms with Gasteiger partial charge in [-0.25, -0.2) is 8.42 Å². The summed E-state index contributed by atoms with van der Waals surface area (Å²) in [6.07, 6.45) is 0.984. The van der Waals surface area contributed by atoms with E-state index >= 15 is 0 Å². The van der Waals surface area contributed by atoms with E-state index in [1.807, 2.05) is 24.3 Å². The highest BCUT2D eigenvalue weighted by atomic mass is 35.5. The van der Waals surface area contributed by atoms with Crippen LogP contribution in [0.4, 0.5) is 0 Å². The summed E-state index contributed by atoms with van der Waals surface area (Å²) in [5.74, 6) is 1.07. The van der Waals surface area contributed by atoms with Gasteiger partial charge >= 0.3 is 0 Å². The average molecular weight is 459 g/mol. The first kappa shape index (κ1) is 21.6. The molecule has 1 aliphatic heterocycles. The molecule has 1 N–H and O–H groups in total. The van der Waals surface area contributed by atoms with E-state index in [-0.39, 0.29) is 23.3 Å². The van der Waals surface area contributed by atoms with E-state index < -0.39 is 10.0 Å². The van der Waals surface area contributed by atoms with Gasteiger partial charge in [-0.2, -0.15) is 4.31 Å². The number of nitrogens with one attached hydrogen (secondary N) is 1. The van der Waals surface area contributed by atoms with E-state index in [4.69, 9.17) is 16.0 Å². The zero-order valence-electron chi connectivity index (χ0n) is 16.8. The molecule has 3 aromatic rings. The van der Waals surface area contributed by atoms with E-state index in [0.29, 0.717) is 42.5 Å². The molecule has 162 valence electrons. The van der Waals surface area contributed by atoms with Gasteiger partial charge in [-0.05, 0) is 61.4 Å². The van der Waals surface area contributed by atoms with Crippen molar-refractivity contribution in [2.45, 2.75) is 24.3 Å². The Morgan fingerprint density at radius 3 is 2.35 bits per heavy atom. The first-order valence-electron chi connectivity index (χ1n) is 10.1. The second-order valence-electron chi connectivity index (χ2n) is 7.48. The van der Waals surface area contributed by atoms with Gasteiger partial charge in [0.25, 0.3) is 0 Å². The second kappa shape index (κ2) is 9.26. The number of hydrogen-bond acceptors (Lipinski definition) is 4. The minimum Gasteiger partial charge on any atom is -0.459 e. The first-order valence-corrected chi connectivity index (χ1v) is 11.9. The Morgan fingerprint density at radius 1 is 1.00 bits per heavy atom. The summed E-state index contributed by atoms with van der Waals surface area (Å²) < 4.78 is 32.7. The van der Waals surface area contributed by atoms with Crippen LogP contribution >= 0.6 is 11.6 Å². The monoisotopic (exact) mass is 458 g/mol. The lowest BCUT2D eigenvalue weighted by Gasteiger charge is -2.30. The van der Waals surface area contributed by atoms with Crippen molar-refractivity contribution < 1.29 is 17.6 Å². The molecule has 1 aliphatic rings. The number of carbonyl (C=O) groups is 1. The Hall–Kier alpha value is -2.61. The van der Waals surface area contributed by atoms with Crippen molar-refractivity contribution in [2.24, 2.45) is 5.92 Å². The molecule has 31 heavy (non-hydrogen) atoms. The molecule has 4 rings (SSSR count). The fourth-order valence-electron chi connectivity index (χ4n) is 3.66. The quantitative estimate of drug-likeness (QED) is 0.596. The average Bonchev–Trinajstić information content (AvgIpc) is 3.28. The van der Waals surface area contributed by atoms with Crippen LogP contribution in [-0.2, 0) is 21.4 Å². The van der Waals surface area contributed by atoms with Gasteiger partial charge in [-0.3, -0.25) is 4.79 Å². The van der Waals surface area contributed by atoms with Crippen LogP contribution in [-0.4, -0.2) is 31.7 Å². The Bertz CT molecular complexity index is 1140. The molecular formula is C23H23ClN2O4S. The maximum absolute atomic E-state index is 12.7. The van der Waals surface area contributed by atoms with E-state index in [9.17, 15) is 13.2 Å². The molecule has 0 bridgehead atoms. The lowest BCUT2D eigenvalue weighted by molar-refractivity contribution is -0.126. The van der Waals surface area contributed by atoms with Gasteiger partial charge in [0.05, 0.1) is 11.4 Å². The molecule has 0 aliphatic carbocycles. The summed E-state index contributed by atoms with van der Waals surface area (Å²) in [7, 11) is -3.51. The number of amides is 1. The Morgan fingerprint density at radius 2 is 1.68 bits per heavy atom. The third kappa shape index (κ3) is 5.01. The highest BCUT2D eigenvalue weighted by Gasteiger charge is 2.31. The normalized spacial score (nSPS) is 15.6. The van der Waals surface area contributed by atoms with Crippen molar-refractivity contribution in [3.8, 4) is 11.3 Å². The molecular weight excluding hydrogens is 436 g/mol. The van der Waals surface area contributed by atoms with Crippen molar-refractivity contribution in [3.63, 3.8) is 0 Å². The molecule has 2 heterocycles. The highest BCUT2D eigenvalue weighted by Crippen LogP contribution is 2.25. The molecule has 1 fully saturated rings. The third-order valence-electron chi connectivity index (χ3n) is 5.43. The number of halogens is 1. The molecule has 0 spiro atoms. The second-order valence-corrected chi connectivity index (χ2v) is 9.86. The maximum atomic E-state index is 12.7. The maximum Gasteiger partial charge on any atom is 0.243 e. The van der Waals surface area contributed by atoms with Gasteiger partial charge in [0.1, 0.15) is 11.5 Å². The van der Waals surface area contributed by atoms with Gasteiger partial charge in [-0.1, -0.05) is 29.8 Å². The van der Waals surface area contributed by atoms with E-state index in [2.05, 4.69) is 5.32 Å². The van der Waals surface area contributed by atoms with E-state index in [1.165, 1.54) is 4.31 Å². The zero-order valence-corrected chi connectivity index (χ0v) is 18.4. The summed E-state index contributed by atoms with van der Waals surface area (Å²) in [5, 5.41) is 3.56. The predicted octanol–water partition coefficient (Wildman–Crippen LogP) is 4.32. The molecule has 1 amide bonds. The van der Waals surface area contributed by atoms with Crippen molar-refractivity contribution in [2.75, 3.05) is 13.1 Å². The summed E-state index contributed by atoms with van der Waals surface area (Å²) >= 11 is 5.91. The highest BCUT2D eigenvalue weighted by molar-refractivity contribution is 7.89. The SMILES string of the molecule is O=C(NCc1ccc(-c2ccc(Cl)cc2)o1)C1CCN(S(=O)(=O)c2ccccc2)CC1. The smallest absolute Gasteiger partial charge is 0.243 e. The van der Waals surface area contributed by atoms with Crippen LogP contribution < -0.4 is 5.32 Å². The van der Waals surface area contributed by atoms with Crippen LogP contribution in [0.5, 0.6) is 0 Å². The number of benzene rings is 2. The standard InChI is InChI=1S/C23H23ClN2O4S/c24-19-8-6-17(7-9-19)22-11-10-20(30-22)16-25-23(27)18-12-14-26(15-13-18)31(28,29)21-4-2-1-3-5-21/h1-11,18H,12-16H2,(H,25,27). The number of sulfonamides is 1. The van der Waals surface area contributed by atoms with E-state index in [0.717, 1.165) is 5.56 Å². The minimum absolute atomic E-state index is 0.0822. The number of furan rings is 1. The third-order valence-corrected chi connectivity index (χ3v) is 7.60. The van der Waals surface area contributed by atoms with Gasteiger partial charge in [-0.15, -0.1) is 0 Å². The molecule has 0 saturated carbocycles. The zero-order chi connectivity index (χ0) is 21.8. The van der Waals surface area contributed by atoms with Crippen LogP contribution in [0.25, 0.3) is 11.3 Å². The summed E-state index contributed by atoms with van der Waals surface area (Å²) in [4.78, 5) is 12.9. The Kier molecular flexibility index (Phi) is 6.46. The number of hydrogen-bond donors (Lipinski definition) is 1. The molecule has 0 atom stereocenters. The first-order chi connectivity index (χ1) is 14.9. The molecule has 8 heteroatoms. The lowest BCUT2D eigenvalue weighted by Crippen LogP contribution is -2.42. The van der Waals surface area contributed by atoms with Crippen molar-refractivity contribution in [1.82, 2.24) is 9.62 Å². The minimum atomic E-state index is -3.51. The number of nitrogens with zero attached hydrogens (tertiary/aromatic N) is 1. The molecule has 2 aromatic carbocycles. The van der Waals surface area contributed by atoms with Gasteiger partial charge in [0.15, 0.2) is 0 Å². The lowest BCUT2D eigenvalue weighted by atomic mass is 9.97. The topological polar surface area (TPSA) is 79.6 Å². The largest absolute Gasteiger partial charge is 0.459 e. The fraction of sp³-hybridized carbons (Fsp3) is 0.261. The molecule has 0 radical (unpaired) electrons. The Balaban J connectivity index is 1.29. The van der Waals surface area contributed by atoms with Crippen molar-refractivity contribution in [1.29, 1.82) is 0 Å². The number of rotatable bonds is 6. The molecule has 6 nitrogen and oxygen atoms in total. The van der Waals surface area contributed by atoms with Gasteiger partial charge in [0, 0.05) is 29.6 Å². The Labute approximate surface area is 186 Å². The summed E-state index contributed by atoms with van der Waals surface area (Å²) in [6.45, 7) is 0.947. The van der Waals surface area contributed by atoms with Crippen molar-refractivity contribution >= 4 is 27.5 Å². The summed E-state index contributed by atoms with van der Waals surface area (Å²) in [6, 6.07) is 19.4. The van der Waals surface area contributed by atoms with Crippen molar-refractivity contribution in [3.05, 3.63) is 77.5 Å². The molecule has 0 unspecified atom stereocenters. The number of piperidine rings is 1. The van der Waals surface area contributed by atoms with Gasteiger partial charge in [0.2, 0.25) is 15.9 Å². The van der Waals surface area contributed by atoms with Crippen LogP contribution in [0.1, 0.15) is 18.6 Å². The van der Waals surface area contributed by atoms with E-state index in [1.54, 1.807) is 42.5 Å². The van der Waals surface area contributed by atoms with Gasteiger partial charge < -0.3 is 9.73 Å². The van der Waals surface area contributed by atoms with Crippen LogP contribution in [0.3, 0.4) is 0 Å². The van der Waals surface area contributed by atoms with Crippen LogP contribution in [0.2, 0.25) is 5.02 Å². The molecule has 1 aromatic heterocycles. The molecule has 1 saturated heterocycles. The van der Waals surface area contributed by atoms with Crippen LogP contribution in [0, 0.1) is 5.92 Å². The number of carbonyl (C=O) groups excluding carboxylic acids is 1. The fourth-order valence-corrected chi connectivity index (χ4v) is 5.28. The summed E-state index contributed by atoms with van der Waals surface area (Å²) in [5.41, 5.74) is 0.911.